The van der Waals surface area contributed by atoms with Gasteiger partial charge in [-0.1, -0.05) is 36.4 Å². The van der Waals surface area contributed by atoms with E-state index in [9.17, 15) is 13.6 Å². The molecule has 0 aliphatic rings. The summed E-state index contributed by atoms with van der Waals surface area (Å²) in [6.07, 6.45) is 0.574. The van der Waals surface area contributed by atoms with Crippen LogP contribution in [-0.4, -0.2) is 12.5 Å². The lowest BCUT2D eigenvalue weighted by Crippen LogP contribution is -2.24. The van der Waals surface area contributed by atoms with E-state index in [0.717, 1.165) is 28.6 Å². The Morgan fingerprint density at radius 2 is 1.84 bits per heavy atom. The molecule has 1 N–H and O–H groups in total. The maximum atomic E-state index is 13.5. The van der Waals surface area contributed by atoms with Crippen LogP contribution >= 0.6 is 0 Å². The third-order valence-electron chi connectivity index (χ3n) is 4.92. The Morgan fingerprint density at radius 1 is 1.00 bits per heavy atom. The molecule has 4 aromatic rings. The number of halogens is 2. The molecule has 154 valence electrons. The Hall–Kier alpha value is -3.98. The molecule has 0 spiro atoms. The predicted octanol–water partition coefficient (Wildman–Crippen LogP) is 5.61. The van der Waals surface area contributed by atoms with Gasteiger partial charge in [-0.15, -0.1) is 0 Å². The fourth-order valence-electron chi connectivity index (χ4n) is 3.44. The minimum absolute atomic E-state index is 0.247. The summed E-state index contributed by atoms with van der Waals surface area (Å²) in [6, 6.07) is 20.5. The second-order valence-corrected chi connectivity index (χ2v) is 7.11. The number of nitrogens with zero attached hydrogens (tertiary/aromatic N) is 1. The smallest absolute Gasteiger partial charge is 0.251 e. The molecule has 0 saturated carbocycles. The fraction of sp³-hybridized carbons (Fsp3) is 0.120. The highest BCUT2D eigenvalue weighted by molar-refractivity contribution is 5.98. The van der Waals surface area contributed by atoms with Gasteiger partial charge in [-0.25, -0.2) is 8.78 Å². The average molecular weight is 416 g/mol. The number of rotatable bonds is 6. The van der Waals surface area contributed by atoms with Crippen LogP contribution in [-0.2, 0) is 6.42 Å². The van der Waals surface area contributed by atoms with Crippen molar-refractivity contribution in [3.05, 3.63) is 95.3 Å². The summed E-state index contributed by atoms with van der Waals surface area (Å²) in [7, 11) is 0. The SMILES string of the molecule is N#CCCNC(=O)c1cccc(-c2cccc3cc(Cc4ccc(F)c(F)c4)oc23)c1. The van der Waals surface area contributed by atoms with E-state index < -0.39 is 11.6 Å². The van der Waals surface area contributed by atoms with E-state index in [1.54, 1.807) is 18.2 Å². The number of fused-ring (bicyclic) bond motifs is 1. The van der Waals surface area contributed by atoms with E-state index >= 15 is 0 Å². The van der Waals surface area contributed by atoms with Crippen LogP contribution < -0.4 is 5.32 Å². The number of nitrogens with one attached hydrogen (secondary N) is 1. The van der Waals surface area contributed by atoms with Gasteiger partial charge >= 0.3 is 0 Å². The molecule has 0 unspecified atom stereocenters. The summed E-state index contributed by atoms with van der Waals surface area (Å²) in [5.41, 5.74) is 3.38. The maximum Gasteiger partial charge on any atom is 0.251 e. The molecule has 0 aliphatic carbocycles. The van der Waals surface area contributed by atoms with Crippen molar-refractivity contribution in [2.45, 2.75) is 12.8 Å². The molecule has 0 fully saturated rings. The van der Waals surface area contributed by atoms with Gasteiger partial charge in [-0.2, -0.15) is 5.26 Å². The normalized spacial score (nSPS) is 10.7. The molecule has 31 heavy (non-hydrogen) atoms. The molecule has 0 bridgehead atoms. The standard InChI is InChI=1S/C25H18F2N2O2/c26-22-9-8-16(13-23(22)27)12-20-15-18-5-2-7-21(24(18)31-20)17-4-1-6-19(14-17)25(30)29-11-3-10-28/h1-2,4-9,13-15H,3,11-12H2,(H,29,30). The zero-order valence-electron chi connectivity index (χ0n) is 16.5. The molecule has 1 amide bonds. The van der Waals surface area contributed by atoms with Gasteiger partial charge in [0.1, 0.15) is 11.3 Å². The van der Waals surface area contributed by atoms with E-state index in [1.807, 2.05) is 36.4 Å². The van der Waals surface area contributed by atoms with Gasteiger partial charge in [0.25, 0.3) is 5.91 Å². The Labute approximate surface area is 177 Å². The third-order valence-corrected chi connectivity index (χ3v) is 4.92. The van der Waals surface area contributed by atoms with Crippen LogP contribution in [0.2, 0.25) is 0 Å². The van der Waals surface area contributed by atoms with Crippen LogP contribution in [0.25, 0.3) is 22.1 Å². The topological polar surface area (TPSA) is 66.0 Å². The number of hydrogen-bond donors (Lipinski definition) is 1. The molecule has 0 radical (unpaired) electrons. The van der Waals surface area contributed by atoms with Crippen LogP contribution in [0, 0.1) is 23.0 Å². The van der Waals surface area contributed by atoms with Gasteiger partial charge < -0.3 is 9.73 Å². The Kier molecular flexibility index (Phi) is 5.76. The summed E-state index contributed by atoms with van der Waals surface area (Å²) in [4.78, 5) is 12.3. The first-order valence-corrected chi connectivity index (χ1v) is 9.76. The molecule has 4 nitrogen and oxygen atoms in total. The molecule has 0 aliphatic heterocycles. The first-order valence-electron chi connectivity index (χ1n) is 9.76. The summed E-state index contributed by atoms with van der Waals surface area (Å²) in [5.74, 6) is -1.40. The Balaban J connectivity index is 1.64. The summed E-state index contributed by atoms with van der Waals surface area (Å²) < 4.78 is 32.8. The minimum Gasteiger partial charge on any atom is -0.460 e. The molecule has 0 atom stereocenters. The molecule has 0 saturated heterocycles. The quantitative estimate of drug-likeness (QED) is 0.415. The van der Waals surface area contributed by atoms with E-state index in [1.165, 1.54) is 6.07 Å². The molecular weight excluding hydrogens is 398 g/mol. The average Bonchev–Trinajstić information content (AvgIpc) is 3.19. The first-order chi connectivity index (χ1) is 15.0. The van der Waals surface area contributed by atoms with Crippen LogP contribution in [0.1, 0.15) is 28.1 Å². The van der Waals surface area contributed by atoms with Gasteiger partial charge in [0.05, 0.1) is 12.5 Å². The lowest BCUT2D eigenvalue weighted by atomic mass is 10.0. The zero-order chi connectivity index (χ0) is 21.8. The van der Waals surface area contributed by atoms with Crippen molar-refractivity contribution < 1.29 is 18.0 Å². The summed E-state index contributed by atoms with van der Waals surface area (Å²) in [6.45, 7) is 0.292. The highest BCUT2D eigenvalue weighted by Crippen LogP contribution is 2.32. The summed E-state index contributed by atoms with van der Waals surface area (Å²) >= 11 is 0. The fourth-order valence-corrected chi connectivity index (χ4v) is 3.44. The molecule has 1 heterocycles. The number of amides is 1. The molecule has 4 rings (SSSR count). The van der Waals surface area contributed by atoms with Crippen molar-refractivity contribution >= 4 is 16.9 Å². The lowest BCUT2D eigenvalue weighted by Gasteiger charge is -2.07. The van der Waals surface area contributed by atoms with Crippen molar-refractivity contribution in [2.75, 3.05) is 6.54 Å². The van der Waals surface area contributed by atoms with E-state index in [4.69, 9.17) is 9.68 Å². The number of carbonyl (C=O) groups excluding carboxylic acids is 1. The predicted molar refractivity (Wildman–Crippen MR) is 113 cm³/mol. The van der Waals surface area contributed by atoms with E-state index in [0.29, 0.717) is 35.4 Å². The second kappa shape index (κ2) is 8.80. The van der Waals surface area contributed by atoms with Crippen LogP contribution in [0.5, 0.6) is 0 Å². The molecule has 6 heteroatoms. The number of benzene rings is 3. The highest BCUT2D eigenvalue weighted by Gasteiger charge is 2.13. The molecule has 3 aromatic carbocycles. The lowest BCUT2D eigenvalue weighted by molar-refractivity contribution is 0.0954. The first kappa shape index (κ1) is 20.3. The van der Waals surface area contributed by atoms with Gasteiger partial charge in [-0.05, 0) is 41.5 Å². The van der Waals surface area contributed by atoms with E-state index in [-0.39, 0.29) is 12.3 Å². The van der Waals surface area contributed by atoms with Crippen molar-refractivity contribution in [1.29, 1.82) is 5.26 Å². The third kappa shape index (κ3) is 4.46. The monoisotopic (exact) mass is 416 g/mol. The minimum atomic E-state index is -0.890. The zero-order valence-corrected chi connectivity index (χ0v) is 16.5. The largest absolute Gasteiger partial charge is 0.460 e. The van der Waals surface area contributed by atoms with Gasteiger partial charge in [0, 0.05) is 29.5 Å². The number of nitriles is 1. The Bertz CT molecular complexity index is 1300. The van der Waals surface area contributed by atoms with Crippen molar-refractivity contribution in [3.63, 3.8) is 0 Å². The van der Waals surface area contributed by atoms with Gasteiger partial charge in [0.15, 0.2) is 11.6 Å². The van der Waals surface area contributed by atoms with E-state index in [2.05, 4.69) is 5.32 Å². The Morgan fingerprint density at radius 3 is 2.65 bits per heavy atom. The highest BCUT2D eigenvalue weighted by atomic mass is 19.2. The second-order valence-electron chi connectivity index (χ2n) is 7.11. The van der Waals surface area contributed by atoms with Crippen molar-refractivity contribution in [1.82, 2.24) is 5.32 Å². The maximum absolute atomic E-state index is 13.5. The summed E-state index contributed by atoms with van der Waals surface area (Å²) in [5, 5.41) is 12.2. The van der Waals surface area contributed by atoms with Gasteiger partial charge in [0.2, 0.25) is 0 Å². The molecule has 1 aromatic heterocycles. The number of carbonyl (C=O) groups is 1. The van der Waals surface area contributed by atoms with Crippen LogP contribution in [0.3, 0.4) is 0 Å². The number of furan rings is 1. The van der Waals surface area contributed by atoms with Crippen LogP contribution in [0.4, 0.5) is 8.78 Å². The number of hydrogen-bond acceptors (Lipinski definition) is 3. The van der Waals surface area contributed by atoms with Crippen molar-refractivity contribution in [3.8, 4) is 17.2 Å². The van der Waals surface area contributed by atoms with Crippen molar-refractivity contribution in [2.24, 2.45) is 0 Å². The van der Waals surface area contributed by atoms with Crippen LogP contribution in [0.15, 0.2) is 71.1 Å². The van der Waals surface area contributed by atoms with Gasteiger partial charge in [-0.3, -0.25) is 4.79 Å². The molecular formula is C25H18F2N2O2. The number of para-hydroxylation sites is 1.